The highest BCUT2D eigenvalue weighted by molar-refractivity contribution is 5.73. The van der Waals surface area contributed by atoms with Crippen LogP contribution in [-0.2, 0) is 11.2 Å². The van der Waals surface area contributed by atoms with Gasteiger partial charge in [0.2, 0.25) is 0 Å². The molecule has 1 aliphatic rings. The molecule has 2 aromatic rings. The molecule has 0 aliphatic carbocycles. The second-order valence-electron chi connectivity index (χ2n) is 9.30. The van der Waals surface area contributed by atoms with Gasteiger partial charge >= 0.3 is 5.97 Å². The van der Waals surface area contributed by atoms with Crippen molar-refractivity contribution in [2.24, 2.45) is 0 Å². The highest BCUT2D eigenvalue weighted by Gasteiger charge is 2.26. The number of carbonyl (C=O) groups is 1. The number of hydrogen-bond acceptors (Lipinski definition) is 5. The van der Waals surface area contributed by atoms with Crippen LogP contribution in [0, 0.1) is 0 Å². The van der Waals surface area contributed by atoms with Crippen molar-refractivity contribution < 1.29 is 23.7 Å². The molecule has 0 aromatic heterocycles. The van der Waals surface area contributed by atoms with Gasteiger partial charge in [-0.3, -0.25) is 4.79 Å². The lowest BCUT2D eigenvalue weighted by molar-refractivity contribution is -0.134. The summed E-state index contributed by atoms with van der Waals surface area (Å²) in [5.74, 6) is 2.62. The number of fused-ring (bicyclic) bond motifs is 1. The molecule has 192 valence electrons. The van der Waals surface area contributed by atoms with Gasteiger partial charge in [0.05, 0.1) is 13.7 Å². The van der Waals surface area contributed by atoms with Gasteiger partial charge < -0.3 is 18.9 Å². The molecule has 0 N–H and O–H groups in total. The van der Waals surface area contributed by atoms with E-state index in [1.165, 1.54) is 44.9 Å². The summed E-state index contributed by atoms with van der Waals surface area (Å²) in [6.07, 6.45) is 12.9. The Labute approximate surface area is 211 Å². The first kappa shape index (κ1) is 26.9. The summed E-state index contributed by atoms with van der Waals surface area (Å²) < 4.78 is 23.2. The Morgan fingerprint density at radius 3 is 2.34 bits per heavy atom. The summed E-state index contributed by atoms with van der Waals surface area (Å²) in [6.45, 7) is 4.74. The summed E-state index contributed by atoms with van der Waals surface area (Å²) in [7, 11) is 1.65. The zero-order chi connectivity index (χ0) is 24.9. The molecule has 1 unspecified atom stereocenters. The smallest absolute Gasteiger partial charge is 0.311 e. The normalized spacial score (nSPS) is 14.7. The quantitative estimate of drug-likeness (QED) is 0.146. The molecular formula is C30H42O5. The molecule has 0 bridgehead atoms. The molecule has 0 fully saturated rings. The van der Waals surface area contributed by atoms with E-state index >= 15 is 0 Å². The molecule has 0 saturated carbocycles. The van der Waals surface area contributed by atoms with Crippen molar-refractivity contribution in [3.8, 4) is 23.0 Å². The van der Waals surface area contributed by atoms with Gasteiger partial charge in [0.25, 0.3) is 0 Å². The highest BCUT2D eigenvalue weighted by Crippen LogP contribution is 2.41. The molecule has 2 aromatic carbocycles. The lowest BCUT2D eigenvalue weighted by Crippen LogP contribution is -2.17. The molecular weight excluding hydrogens is 440 g/mol. The standard InChI is InChI=1S/C30H42O5/c1-4-6-7-8-9-10-11-12-13-14-30(31)35-29-22-25(33-5-2)18-19-26(29)27-20-16-23-15-17-24(32-3)21-28(23)34-27/h15,17-19,21-22,27H,4-14,16,20H2,1-3H3. The summed E-state index contributed by atoms with van der Waals surface area (Å²) in [5.41, 5.74) is 2.04. The van der Waals surface area contributed by atoms with Crippen molar-refractivity contribution in [3.05, 3.63) is 47.5 Å². The Morgan fingerprint density at radius 2 is 1.63 bits per heavy atom. The predicted octanol–water partition coefficient (Wildman–Crippen LogP) is 7.99. The lowest BCUT2D eigenvalue weighted by Gasteiger charge is -2.28. The Hall–Kier alpha value is -2.69. The fourth-order valence-corrected chi connectivity index (χ4v) is 4.58. The third-order valence-corrected chi connectivity index (χ3v) is 6.57. The van der Waals surface area contributed by atoms with E-state index in [4.69, 9.17) is 18.9 Å². The molecule has 5 nitrogen and oxygen atoms in total. The SMILES string of the molecule is CCCCCCCCCCCC(=O)Oc1cc(OCC)ccc1C1CCc2ccc(OC)cc2O1. The molecule has 0 spiro atoms. The first-order valence-electron chi connectivity index (χ1n) is 13.5. The molecule has 1 atom stereocenters. The fraction of sp³-hybridized carbons (Fsp3) is 0.567. The largest absolute Gasteiger partial charge is 0.497 e. The van der Waals surface area contributed by atoms with Crippen molar-refractivity contribution in [3.63, 3.8) is 0 Å². The van der Waals surface area contributed by atoms with Crippen molar-refractivity contribution in [2.45, 2.75) is 97.0 Å². The fourth-order valence-electron chi connectivity index (χ4n) is 4.58. The monoisotopic (exact) mass is 482 g/mol. The van der Waals surface area contributed by atoms with E-state index in [2.05, 4.69) is 13.0 Å². The first-order valence-corrected chi connectivity index (χ1v) is 13.5. The van der Waals surface area contributed by atoms with Crippen LogP contribution >= 0.6 is 0 Å². The molecule has 0 amide bonds. The maximum absolute atomic E-state index is 12.7. The average molecular weight is 483 g/mol. The van der Waals surface area contributed by atoms with Crippen LogP contribution in [0.3, 0.4) is 0 Å². The van der Waals surface area contributed by atoms with Crippen LogP contribution in [-0.4, -0.2) is 19.7 Å². The van der Waals surface area contributed by atoms with E-state index < -0.39 is 0 Å². The van der Waals surface area contributed by atoms with Gasteiger partial charge in [-0.25, -0.2) is 0 Å². The van der Waals surface area contributed by atoms with Crippen LogP contribution in [0.2, 0.25) is 0 Å². The van der Waals surface area contributed by atoms with Gasteiger partial charge in [0, 0.05) is 24.1 Å². The molecule has 1 aliphatic heterocycles. The number of benzene rings is 2. The van der Waals surface area contributed by atoms with E-state index in [1.807, 2.05) is 37.3 Å². The van der Waals surface area contributed by atoms with Gasteiger partial charge in [-0.1, -0.05) is 64.4 Å². The van der Waals surface area contributed by atoms with E-state index in [1.54, 1.807) is 7.11 Å². The number of methoxy groups -OCH3 is 1. The van der Waals surface area contributed by atoms with Crippen molar-refractivity contribution in [1.29, 1.82) is 0 Å². The van der Waals surface area contributed by atoms with Crippen LogP contribution in [0.1, 0.15) is 102 Å². The Morgan fingerprint density at radius 1 is 0.914 bits per heavy atom. The summed E-state index contributed by atoms with van der Waals surface area (Å²) >= 11 is 0. The molecule has 0 radical (unpaired) electrons. The minimum absolute atomic E-state index is 0.194. The Balaban J connectivity index is 1.57. The maximum Gasteiger partial charge on any atom is 0.311 e. The number of unbranched alkanes of at least 4 members (excludes halogenated alkanes) is 8. The van der Waals surface area contributed by atoms with Crippen LogP contribution in [0.4, 0.5) is 0 Å². The first-order chi connectivity index (χ1) is 17.1. The second-order valence-corrected chi connectivity index (χ2v) is 9.30. The van der Waals surface area contributed by atoms with Crippen molar-refractivity contribution in [1.82, 2.24) is 0 Å². The number of aryl methyl sites for hydroxylation is 1. The third-order valence-electron chi connectivity index (χ3n) is 6.57. The summed E-state index contributed by atoms with van der Waals surface area (Å²) in [6, 6.07) is 11.6. The minimum atomic E-state index is -0.194. The number of rotatable bonds is 15. The van der Waals surface area contributed by atoms with Gasteiger partial charge in [-0.2, -0.15) is 0 Å². The van der Waals surface area contributed by atoms with Gasteiger partial charge in [-0.15, -0.1) is 0 Å². The minimum Gasteiger partial charge on any atom is -0.497 e. The van der Waals surface area contributed by atoms with E-state index in [0.717, 1.165) is 48.3 Å². The predicted molar refractivity (Wildman–Crippen MR) is 140 cm³/mol. The number of hydrogen-bond donors (Lipinski definition) is 0. The van der Waals surface area contributed by atoms with E-state index in [0.29, 0.717) is 24.5 Å². The maximum atomic E-state index is 12.7. The van der Waals surface area contributed by atoms with Crippen LogP contribution in [0.25, 0.3) is 0 Å². The molecule has 1 heterocycles. The highest BCUT2D eigenvalue weighted by atomic mass is 16.5. The zero-order valence-corrected chi connectivity index (χ0v) is 21.8. The summed E-state index contributed by atoms with van der Waals surface area (Å²) in [4.78, 5) is 12.7. The van der Waals surface area contributed by atoms with Crippen LogP contribution in [0.15, 0.2) is 36.4 Å². The Kier molecular flexibility index (Phi) is 11.3. The van der Waals surface area contributed by atoms with Gasteiger partial charge in [0.1, 0.15) is 29.1 Å². The number of esters is 1. The van der Waals surface area contributed by atoms with E-state index in [9.17, 15) is 4.79 Å². The molecule has 3 rings (SSSR count). The van der Waals surface area contributed by atoms with Crippen molar-refractivity contribution in [2.75, 3.05) is 13.7 Å². The Bertz CT molecular complexity index is 923. The van der Waals surface area contributed by atoms with Crippen LogP contribution in [0.5, 0.6) is 23.0 Å². The zero-order valence-electron chi connectivity index (χ0n) is 21.8. The molecule has 0 saturated heterocycles. The third kappa shape index (κ3) is 8.48. The average Bonchev–Trinajstić information content (AvgIpc) is 2.87. The molecule has 5 heteroatoms. The number of ether oxygens (including phenoxy) is 4. The second kappa shape index (κ2) is 14.7. The van der Waals surface area contributed by atoms with Crippen LogP contribution < -0.4 is 18.9 Å². The van der Waals surface area contributed by atoms with Crippen molar-refractivity contribution >= 4 is 5.97 Å². The summed E-state index contributed by atoms with van der Waals surface area (Å²) in [5, 5.41) is 0. The van der Waals surface area contributed by atoms with E-state index in [-0.39, 0.29) is 12.1 Å². The lowest BCUT2D eigenvalue weighted by atomic mass is 9.96. The molecule has 35 heavy (non-hydrogen) atoms. The van der Waals surface area contributed by atoms with Gasteiger partial charge in [-0.05, 0) is 49.9 Å². The topological polar surface area (TPSA) is 54.0 Å². The number of carbonyl (C=O) groups excluding carboxylic acids is 1. The van der Waals surface area contributed by atoms with Gasteiger partial charge in [0.15, 0.2) is 0 Å².